The predicted molar refractivity (Wildman–Crippen MR) is 72.0 cm³/mol. The van der Waals surface area contributed by atoms with E-state index in [1.165, 1.54) is 0 Å². The van der Waals surface area contributed by atoms with Crippen molar-refractivity contribution in [3.63, 3.8) is 0 Å². The number of nitrogens with one attached hydrogen (secondary N) is 3. The van der Waals surface area contributed by atoms with E-state index in [-0.39, 0.29) is 30.4 Å². The Morgan fingerprint density at radius 1 is 1.25 bits per heavy atom. The molecule has 8 nitrogen and oxygen atoms in total. The number of nitrogens with zero attached hydrogens (tertiary/aromatic N) is 2. The molecular formula is C12H21N5O3. The average Bonchev–Trinajstić information content (AvgIpc) is 2.48. The molecule has 0 spiro atoms. The van der Waals surface area contributed by atoms with Crippen LogP contribution in [-0.2, 0) is 9.59 Å². The highest BCUT2D eigenvalue weighted by molar-refractivity contribution is 5.87. The molecule has 0 bridgehead atoms. The second-order valence-electron chi connectivity index (χ2n) is 4.89. The molecular weight excluding hydrogens is 262 g/mol. The Labute approximate surface area is 117 Å². The topological polar surface area (TPSA) is 93.8 Å². The second-order valence-corrected chi connectivity index (χ2v) is 4.89. The summed E-state index contributed by atoms with van der Waals surface area (Å²) in [6, 6.07) is -0.439. The average molecular weight is 283 g/mol. The minimum absolute atomic E-state index is 0.0134. The maximum Gasteiger partial charge on any atom is 0.317 e. The van der Waals surface area contributed by atoms with E-state index in [9.17, 15) is 14.4 Å². The van der Waals surface area contributed by atoms with Crippen LogP contribution in [0, 0.1) is 0 Å². The Bertz CT molecular complexity index is 383. The van der Waals surface area contributed by atoms with Gasteiger partial charge in [-0.3, -0.25) is 14.9 Å². The van der Waals surface area contributed by atoms with Crippen LogP contribution in [0.4, 0.5) is 4.79 Å². The van der Waals surface area contributed by atoms with Crippen LogP contribution in [0.3, 0.4) is 0 Å². The standard InChI is InChI=1S/C12H21N5O3/c1-2-13-12(20)17-5-3-16(4-6-17)11(19)9-7-15-10(18)8-14-9/h9,14H,2-8H2,1H3,(H,13,20)(H,15,18). The Hall–Kier alpha value is -1.83. The van der Waals surface area contributed by atoms with E-state index >= 15 is 0 Å². The van der Waals surface area contributed by atoms with Crippen molar-refractivity contribution in [2.75, 3.05) is 45.8 Å². The van der Waals surface area contributed by atoms with Gasteiger partial charge in [-0.2, -0.15) is 0 Å². The lowest BCUT2D eigenvalue weighted by molar-refractivity contribution is -0.136. The minimum Gasteiger partial charge on any atom is -0.353 e. The van der Waals surface area contributed by atoms with Crippen molar-refractivity contribution >= 4 is 17.8 Å². The molecule has 0 aromatic carbocycles. The second kappa shape index (κ2) is 6.56. The van der Waals surface area contributed by atoms with Crippen LogP contribution in [0.15, 0.2) is 0 Å². The summed E-state index contributed by atoms with van der Waals surface area (Å²) < 4.78 is 0. The van der Waals surface area contributed by atoms with Gasteiger partial charge in [-0.05, 0) is 6.92 Å². The van der Waals surface area contributed by atoms with E-state index < -0.39 is 0 Å². The normalized spacial score (nSPS) is 23.2. The van der Waals surface area contributed by atoms with Gasteiger partial charge in [-0.25, -0.2) is 4.79 Å². The zero-order valence-corrected chi connectivity index (χ0v) is 11.6. The van der Waals surface area contributed by atoms with Crippen molar-refractivity contribution in [3.05, 3.63) is 0 Å². The van der Waals surface area contributed by atoms with E-state index in [2.05, 4.69) is 16.0 Å². The number of rotatable bonds is 2. The highest BCUT2D eigenvalue weighted by Gasteiger charge is 2.30. The van der Waals surface area contributed by atoms with Crippen LogP contribution in [0.5, 0.6) is 0 Å². The first-order valence-electron chi connectivity index (χ1n) is 6.93. The number of carbonyl (C=O) groups excluding carboxylic acids is 3. The van der Waals surface area contributed by atoms with Crippen LogP contribution in [0.1, 0.15) is 6.92 Å². The van der Waals surface area contributed by atoms with Gasteiger partial charge in [0, 0.05) is 39.3 Å². The number of piperazine rings is 2. The molecule has 8 heteroatoms. The minimum atomic E-state index is -0.358. The fraction of sp³-hybridized carbons (Fsp3) is 0.750. The van der Waals surface area contributed by atoms with Gasteiger partial charge in [-0.1, -0.05) is 0 Å². The smallest absolute Gasteiger partial charge is 0.317 e. The fourth-order valence-corrected chi connectivity index (χ4v) is 2.35. The zero-order chi connectivity index (χ0) is 14.5. The molecule has 20 heavy (non-hydrogen) atoms. The predicted octanol–water partition coefficient (Wildman–Crippen LogP) is -2.05. The van der Waals surface area contributed by atoms with Gasteiger partial charge in [0.25, 0.3) is 0 Å². The lowest BCUT2D eigenvalue weighted by Gasteiger charge is -2.37. The number of hydrogen-bond acceptors (Lipinski definition) is 4. The molecule has 0 aliphatic carbocycles. The maximum atomic E-state index is 12.3. The third-order valence-electron chi connectivity index (χ3n) is 3.52. The molecule has 0 radical (unpaired) electrons. The van der Waals surface area contributed by atoms with Gasteiger partial charge in [-0.15, -0.1) is 0 Å². The van der Waals surface area contributed by atoms with Gasteiger partial charge < -0.3 is 20.4 Å². The highest BCUT2D eigenvalue weighted by Crippen LogP contribution is 2.05. The quantitative estimate of drug-likeness (QED) is 0.544. The molecule has 2 saturated heterocycles. The largest absolute Gasteiger partial charge is 0.353 e. The van der Waals surface area contributed by atoms with Gasteiger partial charge in [0.15, 0.2) is 0 Å². The van der Waals surface area contributed by atoms with Crippen molar-refractivity contribution < 1.29 is 14.4 Å². The van der Waals surface area contributed by atoms with Crippen molar-refractivity contribution in [2.45, 2.75) is 13.0 Å². The van der Waals surface area contributed by atoms with E-state index in [0.29, 0.717) is 39.3 Å². The van der Waals surface area contributed by atoms with Crippen molar-refractivity contribution in [1.82, 2.24) is 25.8 Å². The summed E-state index contributed by atoms with van der Waals surface area (Å²) in [6.07, 6.45) is 0. The Kier molecular flexibility index (Phi) is 4.78. The van der Waals surface area contributed by atoms with E-state index in [4.69, 9.17) is 0 Å². The molecule has 0 aromatic heterocycles. The third kappa shape index (κ3) is 3.38. The Morgan fingerprint density at radius 2 is 1.90 bits per heavy atom. The van der Waals surface area contributed by atoms with Crippen LogP contribution < -0.4 is 16.0 Å². The Morgan fingerprint density at radius 3 is 2.45 bits per heavy atom. The summed E-state index contributed by atoms with van der Waals surface area (Å²) >= 11 is 0. The molecule has 0 aromatic rings. The third-order valence-corrected chi connectivity index (χ3v) is 3.52. The molecule has 2 aliphatic rings. The first-order chi connectivity index (χ1) is 9.61. The molecule has 1 atom stereocenters. The highest BCUT2D eigenvalue weighted by atomic mass is 16.2. The lowest BCUT2D eigenvalue weighted by Crippen LogP contribution is -2.61. The molecule has 2 heterocycles. The van der Waals surface area contributed by atoms with Crippen LogP contribution >= 0.6 is 0 Å². The SMILES string of the molecule is CCNC(=O)N1CCN(C(=O)C2CNC(=O)CN2)CC1. The van der Waals surface area contributed by atoms with E-state index in [1.807, 2.05) is 6.92 Å². The molecule has 1 unspecified atom stereocenters. The van der Waals surface area contributed by atoms with E-state index in [1.54, 1.807) is 9.80 Å². The van der Waals surface area contributed by atoms with Crippen molar-refractivity contribution in [2.24, 2.45) is 0 Å². The summed E-state index contributed by atoms with van der Waals surface area (Å²) in [5.74, 6) is -0.101. The van der Waals surface area contributed by atoms with Gasteiger partial charge in [0.1, 0.15) is 6.04 Å². The van der Waals surface area contributed by atoms with Crippen molar-refractivity contribution in [1.29, 1.82) is 0 Å². The number of amides is 4. The molecule has 3 N–H and O–H groups in total. The van der Waals surface area contributed by atoms with Gasteiger partial charge in [0.2, 0.25) is 11.8 Å². The first-order valence-corrected chi connectivity index (χ1v) is 6.93. The van der Waals surface area contributed by atoms with Crippen LogP contribution in [-0.4, -0.2) is 79.5 Å². The number of urea groups is 1. The molecule has 112 valence electrons. The molecule has 2 rings (SSSR count). The van der Waals surface area contributed by atoms with Crippen molar-refractivity contribution in [3.8, 4) is 0 Å². The van der Waals surface area contributed by atoms with Crippen LogP contribution in [0.2, 0.25) is 0 Å². The van der Waals surface area contributed by atoms with E-state index in [0.717, 1.165) is 0 Å². The summed E-state index contributed by atoms with van der Waals surface area (Å²) in [7, 11) is 0. The molecule has 2 fully saturated rings. The summed E-state index contributed by atoms with van der Waals surface area (Å²) in [6.45, 7) is 5.12. The maximum absolute atomic E-state index is 12.3. The number of hydrogen-bond donors (Lipinski definition) is 3. The summed E-state index contributed by atoms with van der Waals surface area (Å²) in [5, 5.41) is 8.35. The molecule has 4 amide bonds. The molecule has 2 aliphatic heterocycles. The monoisotopic (exact) mass is 283 g/mol. The lowest BCUT2D eigenvalue weighted by atomic mass is 10.2. The Balaban J connectivity index is 1.80. The number of carbonyl (C=O) groups is 3. The van der Waals surface area contributed by atoms with Crippen LogP contribution in [0.25, 0.3) is 0 Å². The molecule has 0 saturated carbocycles. The van der Waals surface area contributed by atoms with Gasteiger partial charge in [0.05, 0.1) is 6.54 Å². The summed E-state index contributed by atoms with van der Waals surface area (Å²) in [4.78, 5) is 38.4. The fourth-order valence-electron chi connectivity index (χ4n) is 2.35. The van der Waals surface area contributed by atoms with Gasteiger partial charge >= 0.3 is 6.03 Å². The first kappa shape index (κ1) is 14.6. The zero-order valence-electron chi connectivity index (χ0n) is 11.6. The summed E-state index contributed by atoms with van der Waals surface area (Å²) in [5.41, 5.74) is 0.